The maximum Gasteiger partial charge on any atom is 0.129 e. The van der Waals surface area contributed by atoms with Crippen LogP contribution in [0.15, 0.2) is 42.6 Å². The zero-order valence-electron chi connectivity index (χ0n) is 10.1. The van der Waals surface area contributed by atoms with Crippen LogP contribution in [0.2, 0.25) is 5.15 Å². The molecule has 1 heterocycles. The van der Waals surface area contributed by atoms with Crippen molar-refractivity contribution in [3.8, 4) is 5.75 Å². The highest BCUT2D eigenvalue weighted by Gasteiger charge is 2.04. The Morgan fingerprint density at radius 2 is 1.94 bits per heavy atom. The van der Waals surface area contributed by atoms with Crippen molar-refractivity contribution in [1.82, 2.24) is 4.98 Å². The van der Waals surface area contributed by atoms with Gasteiger partial charge in [-0.3, -0.25) is 0 Å². The number of hydrogen-bond acceptors (Lipinski definition) is 3. The molecule has 0 saturated carbocycles. The molecule has 1 aromatic heterocycles. The lowest BCUT2D eigenvalue weighted by molar-refractivity contribution is 0.475. The molecule has 1 atom stereocenters. The molecule has 2 aromatic rings. The Balaban J connectivity index is 1.94. The van der Waals surface area contributed by atoms with E-state index in [9.17, 15) is 5.11 Å². The molecule has 1 unspecified atom stereocenters. The van der Waals surface area contributed by atoms with Crippen LogP contribution < -0.4 is 5.32 Å². The van der Waals surface area contributed by atoms with Crippen LogP contribution in [0.1, 0.15) is 12.5 Å². The molecule has 0 spiro atoms. The molecule has 0 radical (unpaired) electrons. The number of hydrogen-bond donors (Lipinski definition) is 2. The van der Waals surface area contributed by atoms with Gasteiger partial charge in [0.25, 0.3) is 0 Å². The summed E-state index contributed by atoms with van der Waals surface area (Å²) in [6, 6.07) is 11.2. The van der Waals surface area contributed by atoms with E-state index in [-0.39, 0.29) is 6.04 Å². The SMILES string of the molecule is CC(Cc1ccc(O)cc1)Nc1ccc(Cl)nc1. The number of nitrogens with zero attached hydrogens (tertiary/aromatic N) is 1. The van der Waals surface area contributed by atoms with Gasteiger partial charge in [-0.15, -0.1) is 0 Å². The molecule has 2 rings (SSSR count). The number of benzene rings is 1. The van der Waals surface area contributed by atoms with Crippen LogP contribution in [0.3, 0.4) is 0 Å². The van der Waals surface area contributed by atoms with E-state index in [1.165, 1.54) is 5.56 Å². The van der Waals surface area contributed by atoms with Crippen LogP contribution in [0.5, 0.6) is 5.75 Å². The minimum Gasteiger partial charge on any atom is -0.508 e. The van der Waals surface area contributed by atoms with Gasteiger partial charge >= 0.3 is 0 Å². The average molecular weight is 263 g/mol. The second kappa shape index (κ2) is 5.74. The minimum absolute atomic E-state index is 0.275. The molecule has 0 aliphatic carbocycles. The van der Waals surface area contributed by atoms with E-state index < -0.39 is 0 Å². The summed E-state index contributed by atoms with van der Waals surface area (Å²) in [5, 5.41) is 13.1. The molecule has 1 aromatic carbocycles. The molecule has 2 N–H and O–H groups in total. The van der Waals surface area contributed by atoms with Crippen molar-refractivity contribution in [1.29, 1.82) is 0 Å². The molecule has 0 fully saturated rings. The van der Waals surface area contributed by atoms with Gasteiger partial charge in [-0.05, 0) is 43.2 Å². The first-order valence-corrected chi connectivity index (χ1v) is 6.17. The van der Waals surface area contributed by atoms with Gasteiger partial charge in [0.2, 0.25) is 0 Å². The number of aromatic nitrogens is 1. The zero-order valence-corrected chi connectivity index (χ0v) is 10.9. The molecule has 0 bridgehead atoms. The van der Waals surface area contributed by atoms with E-state index in [4.69, 9.17) is 11.6 Å². The fourth-order valence-electron chi connectivity index (χ4n) is 1.78. The predicted molar refractivity (Wildman–Crippen MR) is 74.1 cm³/mol. The second-order valence-electron chi connectivity index (χ2n) is 4.29. The second-order valence-corrected chi connectivity index (χ2v) is 4.67. The van der Waals surface area contributed by atoms with Crippen LogP contribution in [0.25, 0.3) is 0 Å². The van der Waals surface area contributed by atoms with Crippen LogP contribution in [-0.4, -0.2) is 16.1 Å². The molecule has 3 nitrogen and oxygen atoms in total. The zero-order chi connectivity index (χ0) is 13.0. The normalized spacial score (nSPS) is 12.1. The summed E-state index contributed by atoms with van der Waals surface area (Å²) in [5.74, 6) is 0.293. The molecule has 18 heavy (non-hydrogen) atoms. The van der Waals surface area contributed by atoms with Crippen molar-refractivity contribution in [2.24, 2.45) is 0 Å². The van der Waals surface area contributed by atoms with Crippen molar-refractivity contribution in [3.63, 3.8) is 0 Å². The standard InChI is InChI=1S/C14H15ClN2O/c1-10(8-11-2-5-13(18)6-3-11)17-12-4-7-14(15)16-9-12/h2-7,9-10,17-18H,8H2,1H3. The monoisotopic (exact) mass is 262 g/mol. The van der Waals surface area contributed by atoms with Crippen LogP contribution >= 0.6 is 11.6 Å². The van der Waals surface area contributed by atoms with Crippen molar-refractivity contribution in [2.45, 2.75) is 19.4 Å². The quantitative estimate of drug-likeness (QED) is 0.829. The summed E-state index contributed by atoms with van der Waals surface area (Å²) < 4.78 is 0. The van der Waals surface area contributed by atoms with Gasteiger partial charge in [0.1, 0.15) is 10.9 Å². The molecular weight excluding hydrogens is 248 g/mol. The molecule has 0 aliphatic heterocycles. The topological polar surface area (TPSA) is 45.1 Å². The number of phenols is 1. The third-order valence-electron chi connectivity index (χ3n) is 2.62. The van der Waals surface area contributed by atoms with Gasteiger partial charge in [0.15, 0.2) is 0 Å². The summed E-state index contributed by atoms with van der Waals surface area (Å²) >= 11 is 5.73. The third kappa shape index (κ3) is 3.64. The summed E-state index contributed by atoms with van der Waals surface area (Å²) in [4.78, 5) is 4.02. The Labute approximate surface area is 111 Å². The van der Waals surface area contributed by atoms with Gasteiger partial charge in [-0.1, -0.05) is 23.7 Å². The number of phenolic OH excluding ortho intramolecular Hbond substituents is 1. The van der Waals surface area contributed by atoms with Gasteiger partial charge in [-0.2, -0.15) is 0 Å². The van der Waals surface area contributed by atoms with Gasteiger partial charge in [0.05, 0.1) is 11.9 Å². The molecule has 4 heteroatoms. The molecule has 0 saturated heterocycles. The number of aromatic hydroxyl groups is 1. The highest BCUT2D eigenvalue weighted by molar-refractivity contribution is 6.29. The lowest BCUT2D eigenvalue weighted by Gasteiger charge is -2.15. The Morgan fingerprint density at radius 3 is 2.56 bits per heavy atom. The van der Waals surface area contributed by atoms with Crippen molar-refractivity contribution < 1.29 is 5.11 Å². The summed E-state index contributed by atoms with van der Waals surface area (Å²) in [5.41, 5.74) is 2.13. The Hall–Kier alpha value is -1.74. The average Bonchev–Trinajstić information content (AvgIpc) is 2.35. The lowest BCUT2D eigenvalue weighted by Crippen LogP contribution is -2.18. The molecular formula is C14H15ClN2O. The van der Waals surface area contributed by atoms with Crippen molar-refractivity contribution >= 4 is 17.3 Å². The highest BCUT2D eigenvalue weighted by atomic mass is 35.5. The Bertz CT molecular complexity index is 449. The minimum atomic E-state index is 0.275. The molecule has 0 amide bonds. The Morgan fingerprint density at radius 1 is 1.22 bits per heavy atom. The number of pyridine rings is 1. The number of anilines is 1. The summed E-state index contributed by atoms with van der Waals surface area (Å²) in [6.07, 6.45) is 2.60. The van der Waals surface area contributed by atoms with Crippen molar-refractivity contribution in [3.05, 3.63) is 53.3 Å². The fraction of sp³-hybridized carbons (Fsp3) is 0.214. The van der Waals surface area contributed by atoms with Gasteiger partial charge in [-0.25, -0.2) is 4.98 Å². The third-order valence-corrected chi connectivity index (χ3v) is 2.84. The first-order chi connectivity index (χ1) is 8.63. The van der Waals surface area contributed by atoms with E-state index >= 15 is 0 Å². The first-order valence-electron chi connectivity index (χ1n) is 5.79. The van der Waals surface area contributed by atoms with Crippen LogP contribution in [0, 0.1) is 0 Å². The predicted octanol–water partition coefficient (Wildman–Crippen LogP) is 3.48. The smallest absolute Gasteiger partial charge is 0.129 e. The first kappa shape index (κ1) is 12.7. The van der Waals surface area contributed by atoms with E-state index in [0.29, 0.717) is 10.9 Å². The molecule has 0 aliphatic rings. The Kier molecular flexibility index (Phi) is 4.05. The maximum absolute atomic E-state index is 9.22. The highest BCUT2D eigenvalue weighted by Crippen LogP contribution is 2.14. The van der Waals surface area contributed by atoms with Crippen molar-refractivity contribution in [2.75, 3.05) is 5.32 Å². The van der Waals surface area contributed by atoms with Crippen LogP contribution in [-0.2, 0) is 6.42 Å². The van der Waals surface area contributed by atoms with E-state index in [1.807, 2.05) is 18.2 Å². The van der Waals surface area contributed by atoms with Crippen LogP contribution in [0.4, 0.5) is 5.69 Å². The van der Waals surface area contributed by atoms with E-state index in [1.54, 1.807) is 24.4 Å². The maximum atomic E-state index is 9.22. The van der Waals surface area contributed by atoms with E-state index in [0.717, 1.165) is 12.1 Å². The summed E-state index contributed by atoms with van der Waals surface area (Å²) in [7, 11) is 0. The molecule has 94 valence electrons. The number of rotatable bonds is 4. The largest absolute Gasteiger partial charge is 0.508 e. The van der Waals surface area contributed by atoms with E-state index in [2.05, 4.69) is 17.2 Å². The summed E-state index contributed by atoms with van der Waals surface area (Å²) in [6.45, 7) is 2.10. The number of nitrogens with one attached hydrogen (secondary N) is 1. The lowest BCUT2D eigenvalue weighted by atomic mass is 10.1. The fourth-order valence-corrected chi connectivity index (χ4v) is 1.89. The van der Waals surface area contributed by atoms with Gasteiger partial charge in [0, 0.05) is 6.04 Å². The number of halogens is 1. The van der Waals surface area contributed by atoms with Gasteiger partial charge < -0.3 is 10.4 Å².